The molecule has 1 heterocycles. The van der Waals surface area contributed by atoms with Crippen molar-refractivity contribution in [3.8, 4) is 0 Å². The Morgan fingerprint density at radius 3 is 2.62 bits per heavy atom. The predicted molar refractivity (Wildman–Crippen MR) is 72.5 cm³/mol. The fourth-order valence-corrected chi connectivity index (χ4v) is 2.79. The summed E-state index contributed by atoms with van der Waals surface area (Å²) in [5.41, 5.74) is 1.14. The average Bonchev–Trinajstić information content (AvgIpc) is 2.60. The number of aromatic nitrogens is 1. The third kappa shape index (κ3) is 1.96. The van der Waals surface area contributed by atoms with Crippen LogP contribution >= 0.6 is 22.9 Å². The standard InChI is InChI=1S/C13H16ClNS/c1-8(2)13(3,4)12-15-10-7-9(14)5-6-11(10)16-12/h5-8H,1-4H3. The minimum atomic E-state index is 0.121. The Hall–Kier alpha value is -0.600. The zero-order valence-electron chi connectivity index (χ0n) is 10.0. The highest BCUT2D eigenvalue weighted by Crippen LogP contribution is 2.36. The van der Waals surface area contributed by atoms with Crippen molar-refractivity contribution in [2.75, 3.05) is 0 Å². The molecule has 86 valence electrons. The lowest BCUT2D eigenvalue weighted by molar-refractivity contribution is 0.371. The van der Waals surface area contributed by atoms with Crippen LogP contribution in [-0.4, -0.2) is 4.98 Å². The van der Waals surface area contributed by atoms with E-state index < -0.39 is 0 Å². The SMILES string of the molecule is CC(C)C(C)(C)c1nc2cc(Cl)ccc2s1. The van der Waals surface area contributed by atoms with Gasteiger partial charge in [0.25, 0.3) is 0 Å². The van der Waals surface area contributed by atoms with Crippen molar-refractivity contribution in [1.29, 1.82) is 0 Å². The smallest absolute Gasteiger partial charge is 0.0997 e. The summed E-state index contributed by atoms with van der Waals surface area (Å²) in [5.74, 6) is 0.573. The molecule has 1 nitrogen and oxygen atoms in total. The van der Waals surface area contributed by atoms with E-state index in [1.54, 1.807) is 11.3 Å². The van der Waals surface area contributed by atoms with E-state index in [-0.39, 0.29) is 5.41 Å². The van der Waals surface area contributed by atoms with E-state index >= 15 is 0 Å². The van der Waals surface area contributed by atoms with E-state index in [0.717, 1.165) is 10.5 Å². The maximum absolute atomic E-state index is 5.97. The van der Waals surface area contributed by atoms with E-state index in [0.29, 0.717) is 5.92 Å². The Kier molecular flexibility index (Phi) is 2.97. The maximum atomic E-state index is 5.97. The summed E-state index contributed by atoms with van der Waals surface area (Å²) in [4.78, 5) is 4.70. The van der Waals surface area contributed by atoms with E-state index in [2.05, 4.69) is 33.8 Å². The number of hydrogen-bond acceptors (Lipinski definition) is 2. The summed E-state index contributed by atoms with van der Waals surface area (Å²) in [6.45, 7) is 8.96. The van der Waals surface area contributed by atoms with Gasteiger partial charge in [-0.05, 0) is 24.1 Å². The molecule has 0 bridgehead atoms. The van der Waals surface area contributed by atoms with Gasteiger partial charge in [0, 0.05) is 10.4 Å². The summed E-state index contributed by atoms with van der Waals surface area (Å²) >= 11 is 7.74. The first-order valence-corrected chi connectivity index (χ1v) is 6.67. The zero-order chi connectivity index (χ0) is 11.9. The van der Waals surface area contributed by atoms with Crippen LogP contribution in [0, 0.1) is 5.92 Å². The molecule has 16 heavy (non-hydrogen) atoms. The molecule has 1 aromatic carbocycles. The van der Waals surface area contributed by atoms with Gasteiger partial charge < -0.3 is 0 Å². The molecule has 0 fully saturated rings. The Morgan fingerprint density at radius 2 is 2.00 bits per heavy atom. The first-order valence-electron chi connectivity index (χ1n) is 5.48. The molecule has 0 saturated carbocycles. The molecular weight excluding hydrogens is 238 g/mol. The summed E-state index contributed by atoms with van der Waals surface area (Å²) in [6, 6.07) is 5.91. The summed E-state index contributed by atoms with van der Waals surface area (Å²) in [5, 5.41) is 1.95. The van der Waals surface area contributed by atoms with Crippen molar-refractivity contribution in [3.63, 3.8) is 0 Å². The molecule has 0 unspecified atom stereocenters. The third-order valence-electron chi connectivity index (χ3n) is 3.34. The number of fused-ring (bicyclic) bond motifs is 1. The minimum Gasteiger partial charge on any atom is -0.241 e. The lowest BCUT2D eigenvalue weighted by atomic mass is 9.82. The number of rotatable bonds is 2. The Labute approximate surface area is 105 Å². The lowest BCUT2D eigenvalue weighted by Gasteiger charge is -2.26. The van der Waals surface area contributed by atoms with Gasteiger partial charge in [-0.2, -0.15) is 0 Å². The molecule has 0 aliphatic rings. The highest BCUT2D eigenvalue weighted by molar-refractivity contribution is 7.18. The fourth-order valence-electron chi connectivity index (χ4n) is 1.42. The number of thiazole rings is 1. The van der Waals surface area contributed by atoms with Crippen LogP contribution in [0.25, 0.3) is 10.2 Å². The van der Waals surface area contributed by atoms with Crippen LogP contribution in [0.1, 0.15) is 32.7 Å². The first kappa shape index (κ1) is 11.9. The van der Waals surface area contributed by atoms with Crippen molar-refractivity contribution in [2.24, 2.45) is 5.92 Å². The molecule has 0 spiro atoms. The second-order valence-electron chi connectivity index (χ2n) is 5.01. The van der Waals surface area contributed by atoms with E-state index in [1.165, 1.54) is 9.71 Å². The van der Waals surface area contributed by atoms with Gasteiger partial charge in [0.1, 0.15) is 0 Å². The van der Waals surface area contributed by atoms with Gasteiger partial charge in [-0.25, -0.2) is 4.98 Å². The van der Waals surface area contributed by atoms with Crippen LogP contribution in [0.15, 0.2) is 18.2 Å². The highest BCUT2D eigenvalue weighted by atomic mass is 35.5. The van der Waals surface area contributed by atoms with Gasteiger partial charge in [-0.3, -0.25) is 0 Å². The number of nitrogens with zero attached hydrogens (tertiary/aromatic N) is 1. The van der Waals surface area contributed by atoms with Crippen LogP contribution < -0.4 is 0 Å². The van der Waals surface area contributed by atoms with E-state index in [9.17, 15) is 0 Å². The van der Waals surface area contributed by atoms with Crippen molar-refractivity contribution >= 4 is 33.2 Å². The molecular formula is C13H16ClNS. The monoisotopic (exact) mass is 253 g/mol. The van der Waals surface area contributed by atoms with Gasteiger partial charge in [0.2, 0.25) is 0 Å². The average molecular weight is 254 g/mol. The molecule has 0 saturated heterocycles. The number of halogens is 1. The van der Waals surface area contributed by atoms with E-state index in [4.69, 9.17) is 16.6 Å². The topological polar surface area (TPSA) is 12.9 Å². The third-order valence-corrected chi connectivity index (χ3v) is 4.96. The fraction of sp³-hybridized carbons (Fsp3) is 0.462. The summed E-state index contributed by atoms with van der Waals surface area (Å²) in [6.07, 6.45) is 0. The van der Waals surface area contributed by atoms with Gasteiger partial charge in [0.15, 0.2) is 0 Å². The largest absolute Gasteiger partial charge is 0.241 e. The molecule has 2 rings (SSSR count). The van der Waals surface area contributed by atoms with Crippen LogP contribution in [-0.2, 0) is 5.41 Å². The van der Waals surface area contributed by atoms with Crippen LogP contribution in [0.2, 0.25) is 5.02 Å². The van der Waals surface area contributed by atoms with Gasteiger partial charge >= 0.3 is 0 Å². The number of hydrogen-bond donors (Lipinski definition) is 0. The molecule has 0 aliphatic heterocycles. The van der Waals surface area contributed by atoms with Gasteiger partial charge in [0.05, 0.1) is 15.2 Å². The van der Waals surface area contributed by atoms with Crippen LogP contribution in [0.5, 0.6) is 0 Å². The highest BCUT2D eigenvalue weighted by Gasteiger charge is 2.28. The molecule has 0 atom stereocenters. The van der Waals surface area contributed by atoms with Gasteiger partial charge in [-0.15, -0.1) is 11.3 Å². The Bertz CT molecular complexity index is 514. The van der Waals surface area contributed by atoms with Crippen LogP contribution in [0.3, 0.4) is 0 Å². The molecule has 2 aromatic rings. The Balaban J connectivity index is 2.55. The van der Waals surface area contributed by atoms with Crippen molar-refractivity contribution in [3.05, 3.63) is 28.2 Å². The lowest BCUT2D eigenvalue weighted by Crippen LogP contribution is -2.23. The maximum Gasteiger partial charge on any atom is 0.0997 e. The molecule has 3 heteroatoms. The molecule has 0 aliphatic carbocycles. The quantitative estimate of drug-likeness (QED) is 0.743. The zero-order valence-corrected chi connectivity index (χ0v) is 11.6. The first-order chi connectivity index (χ1) is 7.41. The van der Waals surface area contributed by atoms with Gasteiger partial charge in [-0.1, -0.05) is 39.3 Å². The van der Waals surface area contributed by atoms with E-state index in [1.807, 2.05) is 12.1 Å². The predicted octanol–water partition coefficient (Wildman–Crippen LogP) is 4.88. The normalized spacial score (nSPS) is 12.6. The molecule has 1 aromatic heterocycles. The minimum absolute atomic E-state index is 0.121. The summed E-state index contributed by atoms with van der Waals surface area (Å²) in [7, 11) is 0. The second-order valence-corrected chi connectivity index (χ2v) is 6.47. The molecule has 0 amide bonds. The number of benzene rings is 1. The van der Waals surface area contributed by atoms with Crippen molar-refractivity contribution < 1.29 is 0 Å². The Morgan fingerprint density at radius 1 is 1.31 bits per heavy atom. The second kappa shape index (κ2) is 4.01. The molecule has 0 N–H and O–H groups in total. The summed E-state index contributed by atoms with van der Waals surface area (Å²) < 4.78 is 1.22. The van der Waals surface area contributed by atoms with Crippen molar-refractivity contribution in [2.45, 2.75) is 33.1 Å². The van der Waals surface area contributed by atoms with Crippen LogP contribution in [0.4, 0.5) is 0 Å². The molecule has 0 radical (unpaired) electrons. The van der Waals surface area contributed by atoms with Crippen molar-refractivity contribution in [1.82, 2.24) is 4.98 Å².